The molecule has 27 heavy (non-hydrogen) atoms. The fraction of sp³-hybridized carbons (Fsp3) is 0.273. The largest absolute Gasteiger partial charge is 0.428 e. The van der Waals surface area contributed by atoms with Gasteiger partial charge < -0.3 is 4.42 Å². The minimum Gasteiger partial charge on any atom is -0.428 e. The Morgan fingerprint density at radius 3 is 2.56 bits per heavy atom. The van der Waals surface area contributed by atoms with Crippen LogP contribution in [0.25, 0.3) is 0 Å². The monoisotopic (exact) mass is 382 g/mol. The van der Waals surface area contributed by atoms with Gasteiger partial charge in [-0.05, 0) is 23.1 Å². The molecule has 1 N–H and O–H groups in total. The number of hydrogen-bond donors (Lipinski definition) is 1. The van der Waals surface area contributed by atoms with Gasteiger partial charge in [-0.3, -0.25) is 10.1 Å². The van der Waals surface area contributed by atoms with Crippen molar-refractivity contribution in [3.8, 4) is 0 Å². The predicted octanol–water partition coefficient (Wildman–Crippen LogP) is 5.69. The zero-order valence-electron chi connectivity index (χ0n) is 15.5. The number of rotatable bonds is 7. The zero-order valence-corrected chi connectivity index (χ0v) is 16.2. The molecule has 2 atom stereocenters. The number of oxazole rings is 1. The lowest BCUT2D eigenvalue weighted by Crippen LogP contribution is -2.26. The number of carbonyl (C=O) groups is 1. The Bertz CT molecular complexity index is 892. The molecule has 1 aromatic heterocycles. The number of nitrogens with one attached hydrogen (secondary N) is 1. The summed E-state index contributed by atoms with van der Waals surface area (Å²) < 4.78 is 5.71. The van der Waals surface area contributed by atoms with E-state index in [1.165, 1.54) is 0 Å². The van der Waals surface area contributed by atoms with Crippen molar-refractivity contribution in [2.45, 2.75) is 32.6 Å². The van der Waals surface area contributed by atoms with Gasteiger partial charge in [-0.1, -0.05) is 80.4 Å². The quantitative estimate of drug-likeness (QED) is 0.571. The van der Waals surface area contributed by atoms with Crippen LogP contribution in [0.4, 0.5) is 6.01 Å². The molecule has 0 aliphatic heterocycles. The van der Waals surface area contributed by atoms with Gasteiger partial charge in [0.1, 0.15) is 5.76 Å². The fourth-order valence-corrected chi connectivity index (χ4v) is 3.30. The van der Waals surface area contributed by atoms with E-state index in [0.717, 1.165) is 17.5 Å². The summed E-state index contributed by atoms with van der Waals surface area (Å²) in [7, 11) is 0. The van der Waals surface area contributed by atoms with E-state index in [9.17, 15) is 4.79 Å². The molecule has 2 unspecified atom stereocenters. The van der Waals surface area contributed by atoms with Gasteiger partial charge in [0.05, 0.1) is 12.1 Å². The Balaban J connectivity index is 1.73. The van der Waals surface area contributed by atoms with Crippen LogP contribution in [0.5, 0.6) is 0 Å². The van der Waals surface area contributed by atoms with Gasteiger partial charge >= 0.3 is 6.01 Å². The molecule has 5 heteroatoms. The lowest BCUT2D eigenvalue weighted by molar-refractivity contribution is -0.118. The first-order valence-electron chi connectivity index (χ1n) is 9.12. The summed E-state index contributed by atoms with van der Waals surface area (Å²) in [5, 5.41) is 3.51. The van der Waals surface area contributed by atoms with Gasteiger partial charge in [0.2, 0.25) is 5.91 Å². The Morgan fingerprint density at radius 2 is 1.85 bits per heavy atom. The molecule has 2 aromatic carbocycles. The third kappa shape index (κ3) is 4.77. The summed E-state index contributed by atoms with van der Waals surface area (Å²) >= 11 is 6.19. The highest BCUT2D eigenvalue weighted by Crippen LogP contribution is 2.28. The fourth-order valence-electron chi connectivity index (χ4n) is 3.09. The van der Waals surface area contributed by atoms with E-state index in [4.69, 9.17) is 16.0 Å². The van der Waals surface area contributed by atoms with Crippen molar-refractivity contribution in [3.05, 3.63) is 82.7 Å². The van der Waals surface area contributed by atoms with E-state index in [-0.39, 0.29) is 23.8 Å². The Morgan fingerprint density at radius 1 is 1.15 bits per heavy atom. The van der Waals surface area contributed by atoms with Crippen molar-refractivity contribution < 1.29 is 9.21 Å². The number of hydrogen-bond acceptors (Lipinski definition) is 3. The van der Waals surface area contributed by atoms with Crippen LogP contribution in [0.15, 0.2) is 65.2 Å². The summed E-state index contributed by atoms with van der Waals surface area (Å²) in [4.78, 5) is 17.1. The highest BCUT2D eigenvalue weighted by molar-refractivity contribution is 6.31. The molecule has 0 aliphatic carbocycles. The van der Waals surface area contributed by atoms with Crippen molar-refractivity contribution >= 4 is 23.5 Å². The SMILES string of the molecule is CCC(C)C(C(=O)Nc1ncc(Cc2ccccc2Cl)o1)c1ccccc1. The normalized spacial score (nSPS) is 13.1. The van der Waals surface area contributed by atoms with Crippen LogP contribution in [0.3, 0.4) is 0 Å². The maximum Gasteiger partial charge on any atom is 0.301 e. The number of halogens is 1. The van der Waals surface area contributed by atoms with Crippen LogP contribution in [0.2, 0.25) is 5.02 Å². The van der Waals surface area contributed by atoms with E-state index in [0.29, 0.717) is 17.2 Å². The van der Waals surface area contributed by atoms with E-state index in [1.54, 1.807) is 6.20 Å². The Hall–Kier alpha value is -2.59. The Kier molecular flexibility index (Phi) is 6.30. The third-order valence-corrected chi connectivity index (χ3v) is 5.13. The number of benzene rings is 2. The number of carbonyl (C=O) groups excluding carboxylic acids is 1. The van der Waals surface area contributed by atoms with E-state index in [2.05, 4.69) is 24.1 Å². The second kappa shape index (κ2) is 8.87. The second-order valence-corrected chi connectivity index (χ2v) is 7.07. The molecule has 0 radical (unpaired) electrons. The van der Waals surface area contributed by atoms with Crippen molar-refractivity contribution in [1.29, 1.82) is 0 Å². The van der Waals surface area contributed by atoms with Gasteiger partial charge in [-0.15, -0.1) is 0 Å². The minimum absolute atomic E-state index is 0.110. The lowest BCUT2D eigenvalue weighted by atomic mass is 9.85. The molecule has 0 saturated carbocycles. The standard InChI is InChI=1S/C22H23ClN2O2/c1-3-15(2)20(16-9-5-4-6-10-16)21(26)25-22-24-14-18(27-22)13-17-11-7-8-12-19(17)23/h4-12,14-15,20H,3,13H2,1-2H3,(H,24,25,26). The first-order valence-corrected chi connectivity index (χ1v) is 9.50. The molecule has 3 rings (SSSR count). The minimum atomic E-state index is -0.255. The average Bonchev–Trinajstić information content (AvgIpc) is 3.11. The first-order chi connectivity index (χ1) is 13.1. The van der Waals surface area contributed by atoms with Crippen LogP contribution in [-0.4, -0.2) is 10.9 Å². The molecule has 0 spiro atoms. The molecule has 0 saturated heterocycles. The molecule has 140 valence electrons. The molecule has 3 aromatic rings. The van der Waals surface area contributed by atoms with Crippen molar-refractivity contribution in [3.63, 3.8) is 0 Å². The van der Waals surface area contributed by atoms with Crippen molar-refractivity contribution in [2.24, 2.45) is 5.92 Å². The summed E-state index contributed by atoms with van der Waals surface area (Å²) in [5.74, 6) is 0.486. The lowest BCUT2D eigenvalue weighted by Gasteiger charge is -2.21. The van der Waals surface area contributed by atoms with Crippen LogP contribution in [-0.2, 0) is 11.2 Å². The molecule has 1 heterocycles. The molecule has 0 aliphatic rings. The summed E-state index contributed by atoms with van der Waals surface area (Å²) in [6, 6.07) is 17.6. The van der Waals surface area contributed by atoms with Gasteiger partial charge in [-0.2, -0.15) is 0 Å². The van der Waals surface area contributed by atoms with E-state index >= 15 is 0 Å². The molecular weight excluding hydrogens is 360 g/mol. The van der Waals surface area contributed by atoms with Crippen LogP contribution in [0, 0.1) is 5.92 Å². The van der Waals surface area contributed by atoms with E-state index in [1.807, 2.05) is 54.6 Å². The second-order valence-electron chi connectivity index (χ2n) is 6.66. The van der Waals surface area contributed by atoms with Gasteiger partial charge in [-0.25, -0.2) is 4.98 Å². The Labute approximate surface area is 164 Å². The highest BCUT2D eigenvalue weighted by atomic mass is 35.5. The van der Waals surface area contributed by atoms with Crippen LogP contribution in [0.1, 0.15) is 43.1 Å². The number of nitrogens with zero attached hydrogens (tertiary/aromatic N) is 1. The number of anilines is 1. The maximum absolute atomic E-state index is 12.9. The van der Waals surface area contributed by atoms with Crippen molar-refractivity contribution in [2.75, 3.05) is 5.32 Å². The molecular formula is C22H23ClN2O2. The third-order valence-electron chi connectivity index (χ3n) is 4.76. The summed E-state index contributed by atoms with van der Waals surface area (Å²) in [6.45, 7) is 4.16. The number of amides is 1. The molecule has 4 nitrogen and oxygen atoms in total. The zero-order chi connectivity index (χ0) is 19.2. The van der Waals surface area contributed by atoms with Gasteiger partial charge in [0.15, 0.2) is 0 Å². The summed E-state index contributed by atoms with van der Waals surface area (Å²) in [6.07, 6.45) is 3.05. The highest BCUT2D eigenvalue weighted by Gasteiger charge is 2.26. The predicted molar refractivity (Wildman–Crippen MR) is 108 cm³/mol. The first kappa shape index (κ1) is 19.2. The van der Waals surface area contributed by atoms with Crippen molar-refractivity contribution in [1.82, 2.24) is 4.98 Å². The van der Waals surface area contributed by atoms with E-state index < -0.39 is 0 Å². The van der Waals surface area contributed by atoms with Gasteiger partial charge in [0.25, 0.3) is 0 Å². The number of aromatic nitrogens is 1. The van der Waals surface area contributed by atoms with Crippen LogP contribution < -0.4 is 5.32 Å². The topological polar surface area (TPSA) is 55.1 Å². The van der Waals surface area contributed by atoms with Gasteiger partial charge in [0, 0.05) is 11.4 Å². The molecule has 0 bridgehead atoms. The smallest absolute Gasteiger partial charge is 0.301 e. The summed E-state index contributed by atoms with van der Waals surface area (Å²) in [5.41, 5.74) is 1.95. The maximum atomic E-state index is 12.9. The van der Waals surface area contributed by atoms with Crippen LogP contribution >= 0.6 is 11.6 Å². The average molecular weight is 383 g/mol. The molecule has 0 fully saturated rings. The molecule has 1 amide bonds.